The zero-order valence-electron chi connectivity index (χ0n) is 9.87. The second kappa shape index (κ2) is 4.35. The Bertz CT molecular complexity index is 418. The highest BCUT2D eigenvalue weighted by Gasteiger charge is 2.45. The van der Waals surface area contributed by atoms with Gasteiger partial charge in [-0.3, -0.25) is 4.79 Å². The fourth-order valence-corrected chi connectivity index (χ4v) is 2.58. The third-order valence-electron chi connectivity index (χ3n) is 3.70. The molecular weight excluding hydrogens is 219 g/mol. The first kappa shape index (κ1) is 11.9. The Kier molecular flexibility index (Phi) is 3.05. The van der Waals surface area contributed by atoms with E-state index in [1.165, 1.54) is 12.1 Å². The van der Waals surface area contributed by atoms with E-state index in [1.54, 1.807) is 12.1 Å². The van der Waals surface area contributed by atoms with Crippen LogP contribution in [-0.4, -0.2) is 11.4 Å². The molecule has 0 heterocycles. The summed E-state index contributed by atoms with van der Waals surface area (Å²) < 4.78 is 12.8. The molecule has 1 aliphatic carbocycles. The van der Waals surface area contributed by atoms with Gasteiger partial charge in [0.15, 0.2) is 0 Å². The first-order valence-corrected chi connectivity index (χ1v) is 5.88. The molecule has 1 aliphatic rings. The molecular formula is C13H17FN2O. The van der Waals surface area contributed by atoms with Crippen molar-refractivity contribution < 1.29 is 9.18 Å². The largest absolute Gasteiger partial charge is 0.371 e. The van der Waals surface area contributed by atoms with Crippen LogP contribution < -0.4 is 11.1 Å². The lowest BCUT2D eigenvalue weighted by molar-refractivity contribution is -0.123. The number of primary amides is 1. The van der Waals surface area contributed by atoms with Crippen LogP contribution in [0.1, 0.15) is 26.2 Å². The molecule has 3 N–H and O–H groups in total. The summed E-state index contributed by atoms with van der Waals surface area (Å²) in [5.41, 5.74) is 5.58. The van der Waals surface area contributed by atoms with Crippen LogP contribution >= 0.6 is 0 Å². The minimum atomic E-state index is -0.683. The van der Waals surface area contributed by atoms with E-state index >= 15 is 0 Å². The molecule has 0 bridgehead atoms. The van der Waals surface area contributed by atoms with Gasteiger partial charge >= 0.3 is 0 Å². The maximum Gasteiger partial charge on any atom is 0.243 e. The number of benzene rings is 1. The van der Waals surface area contributed by atoms with Crippen molar-refractivity contribution in [2.24, 2.45) is 11.7 Å². The minimum absolute atomic E-state index is 0.199. The lowest BCUT2D eigenvalue weighted by atomic mass is 9.87. The molecule has 0 saturated heterocycles. The Labute approximate surface area is 100 Å². The quantitative estimate of drug-likeness (QED) is 0.846. The highest BCUT2D eigenvalue weighted by atomic mass is 19.1. The van der Waals surface area contributed by atoms with Gasteiger partial charge < -0.3 is 11.1 Å². The Morgan fingerprint density at radius 3 is 2.59 bits per heavy atom. The molecule has 2 rings (SSSR count). The fourth-order valence-electron chi connectivity index (χ4n) is 2.58. The highest BCUT2D eigenvalue weighted by molar-refractivity contribution is 5.88. The van der Waals surface area contributed by atoms with Gasteiger partial charge in [-0.1, -0.05) is 13.3 Å². The molecule has 1 aromatic carbocycles. The first-order valence-electron chi connectivity index (χ1n) is 5.88. The van der Waals surface area contributed by atoms with E-state index in [0.717, 1.165) is 24.9 Å². The lowest BCUT2D eigenvalue weighted by Crippen LogP contribution is -2.52. The normalized spacial score (nSPS) is 28.0. The Hall–Kier alpha value is -1.58. The minimum Gasteiger partial charge on any atom is -0.371 e. The third-order valence-corrected chi connectivity index (χ3v) is 3.70. The van der Waals surface area contributed by atoms with Crippen molar-refractivity contribution in [2.45, 2.75) is 31.7 Å². The molecule has 0 spiro atoms. The Balaban J connectivity index is 2.24. The van der Waals surface area contributed by atoms with E-state index in [0.29, 0.717) is 0 Å². The van der Waals surface area contributed by atoms with Gasteiger partial charge in [0.2, 0.25) is 5.91 Å². The average molecular weight is 236 g/mol. The van der Waals surface area contributed by atoms with Crippen LogP contribution in [0.25, 0.3) is 0 Å². The summed E-state index contributed by atoms with van der Waals surface area (Å²) >= 11 is 0. The third kappa shape index (κ3) is 2.12. The number of nitrogens with two attached hydrogens (primary N) is 1. The summed E-state index contributed by atoms with van der Waals surface area (Å²) in [6, 6.07) is 6.00. The molecule has 1 amide bonds. The molecule has 0 radical (unpaired) electrons. The number of hydrogen-bond acceptors (Lipinski definition) is 2. The molecule has 2 atom stereocenters. The molecule has 3 nitrogen and oxygen atoms in total. The molecule has 1 aromatic rings. The van der Waals surface area contributed by atoms with Crippen molar-refractivity contribution in [2.75, 3.05) is 5.32 Å². The molecule has 0 aromatic heterocycles. The van der Waals surface area contributed by atoms with Gasteiger partial charge in [-0.15, -0.1) is 0 Å². The van der Waals surface area contributed by atoms with Gasteiger partial charge in [0.1, 0.15) is 11.4 Å². The number of hydrogen-bond donors (Lipinski definition) is 2. The van der Waals surface area contributed by atoms with E-state index in [2.05, 4.69) is 5.32 Å². The van der Waals surface area contributed by atoms with Crippen LogP contribution in [0.15, 0.2) is 24.3 Å². The maximum absolute atomic E-state index is 12.8. The van der Waals surface area contributed by atoms with E-state index in [1.807, 2.05) is 6.92 Å². The molecule has 1 saturated carbocycles. The van der Waals surface area contributed by atoms with Gasteiger partial charge in [-0.2, -0.15) is 0 Å². The summed E-state index contributed by atoms with van der Waals surface area (Å²) in [5.74, 6) is -0.417. The van der Waals surface area contributed by atoms with Crippen molar-refractivity contribution in [3.8, 4) is 0 Å². The highest BCUT2D eigenvalue weighted by Crippen LogP contribution is 2.38. The summed E-state index contributed by atoms with van der Waals surface area (Å²) in [5, 5.41) is 3.19. The standard InChI is InChI=1S/C13H17FN2O/c1-9-3-2-8-13(9,12(15)17)16-11-6-4-10(14)5-7-11/h4-7,9,16H,2-3,8H2,1H3,(H2,15,17). The molecule has 2 unspecified atom stereocenters. The Morgan fingerprint density at radius 2 is 2.12 bits per heavy atom. The number of amides is 1. The number of nitrogens with one attached hydrogen (secondary N) is 1. The van der Waals surface area contributed by atoms with Gasteiger partial charge in [0.25, 0.3) is 0 Å². The monoisotopic (exact) mass is 236 g/mol. The van der Waals surface area contributed by atoms with Crippen molar-refractivity contribution in [3.05, 3.63) is 30.1 Å². The average Bonchev–Trinajstić information content (AvgIpc) is 2.65. The van der Waals surface area contributed by atoms with Crippen molar-refractivity contribution >= 4 is 11.6 Å². The first-order chi connectivity index (χ1) is 8.04. The lowest BCUT2D eigenvalue weighted by Gasteiger charge is -2.32. The summed E-state index contributed by atoms with van der Waals surface area (Å²) in [6.07, 6.45) is 2.70. The number of anilines is 1. The van der Waals surface area contributed by atoms with Crippen LogP contribution in [0, 0.1) is 11.7 Å². The van der Waals surface area contributed by atoms with E-state index in [4.69, 9.17) is 5.73 Å². The van der Waals surface area contributed by atoms with Crippen LogP contribution in [0.4, 0.5) is 10.1 Å². The van der Waals surface area contributed by atoms with Gasteiger partial charge in [-0.05, 0) is 43.0 Å². The topological polar surface area (TPSA) is 55.1 Å². The molecule has 1 fully saturated rings. The van der Waals surface area contributed by atoms with Crippen LogP contribution in [0.2, 0.25) is 0 Å². The van der Waals surface area contributed by atoms with E-state index in [9.17, 15) is 9.18 Å². The summed E-state index contributed by atoms with van der Waals surface area (Å²) in [4.78, 5) is 11.7. The van der Waals surface area contributed by atoms with Crippen LogP contribution in [0.5, 0.6) is 0 Å². The smallest absolute Gasteiger partial charge is 0.243 e. The van der Waals surface area contributed by atoms with Crippen molar-refractivity contribution in [1.29, 1.82) is 0 Å². The summed E-state index contributed by atoms with van der Waals surface area (Å²) in [7, 11) is 0. The fraction of sp³-hybridized carbons (Fsp3) is 0.462. The Morgan fingerprint density at radius 1 is 1.47 bits per heavy atom. The number of carbonyl (C=O) groups is 1. The molecule has 4 heteroatoms. The second-order valence-electron chi connectivity index (χ2n) is 4.76. The van der Waals surface area contributed by atoms with Gasteiger partial charge in [0.05, 0.1) is 0 Å². The van der Waals surface area contributed by atoms with Gasteiger partial charge in [-0.25, -0.2) is 4.39 Å². The molecule has 0 aliphatic heterocycles. The SMILES string of the molecule is CC1CCCC1(Nc1ccc(F)cc1)C(N)=O. The van der Waals surface area contributed by atoms with E-state index in [-0.39, 0.29) is 17.6 Å². The molecule has 17 heavy (non-hydrogen) atoms. The summed E-state index contributed by atoms with van der Waals surface area (Å²) in [6.45, 7) is 2.02. The van der Waals surface area contributed by atoms with Gasteiger partial charge in [0, 0.05) is 5.69 Å². The van der Waals surface area contributed by atoms with Crippen LogP contribution in [-0.2, 0) is 4.79 Å². The maximum atomic E-state index is 12.8. The number of halogens is 1. The predicted molar refractivity (Wildman–Crippen MR) is 65.0 cm³/mol. The molecule has 92 valence electrons. The number of rotatable bonds is 3. The zero-order valence-corrected chi connectivity index (χ0v) is 9.87. The van der Waals surface area contributed by atoms with Crippen molar-refractivity contribution in [3.63, 3.8) is 0 Å². The number of carbonyl (C=O) groups excluding carboxylic acids is 1. The zero-order chi connectivity index (χ0) is 12.5. The van der Waals surface area contributed by atoms with Crippen LogP contribution in [0.3, 0.4) is 0 Å². The second-order valence-corrected chi connectivity index (χ2v) is 4.76. The van der Waals surface area contributed by atoms with Crippen molar-refractivity contribution in [1.82, 2.24) is 0 Å². The predicted octanol–water partition coefficient (Wildman–Crippen LogP) is 2.28. The van der Waals surface area contributed by atoms with E-state index < -0.39 is 5.54 Å².